The average Bonchev–Trinajstić information content (AvgIpc) is 3.09. The van der Waals surface area contributed by atoms with Crippen molar-refractivity contribution in [1.82, 2.24) is 10.2 Å². The first-order chi connectivity index (χ1) is 13.5. The van der Waals surface area contributed by atoms with Gasteiger partial charge in [0.15, 0.2) is 0 Å². The molecule has 0 aliphatic heterocycles. The summed E-state index contributed by atoms with van der Waals surface area (Å²) in [5.74, 6) is 0.594. The minimum Gasteiger partial charge on any atom is -0.407 e. The highest BCUT2D eigenvalue weighted by molar-refractivity contribution is 8.00. The van der Waals surface area contributed by atoms with Crippen molar-refractivity contribution in [2.24, 2.45) is 0 Å². The predicted octanol–water partition coefficient (Wildman–Crippen LogP) is 5.20. The SMILES string of the molecule is Cc1ccc(SCC(=O)Nc2nnc(Cc3ccc(SC(C)C)cc3)o2)cc1. The van der Waals surface area contributed by atoms with Gasteiger partial charge in [0.2, 0.25) is 11.8 Å². The number of nitrogens with one attached hydrogen (secondary N) is 1. The maximum absolute atomic E-state index is 12.1. The van der Waals surface area contributed by atoms with Crippen LogP contribution in [0.2, 0.25) is 0 Å². The van der Waals surface area contributed by atoms with Crippen LogP contribution in [0.4, 0.5) is 6.01 Å². The van der Waals surface area contributed by atoms with Crippen LogP contribution in [0.1, 0.15) is 30.9 Å². The molecule has 0 radical (unpaired) electrons. The number of amides is 1. The van der Waals surface area contributed by atoms with Gasteiger partial charge in [-0.25, -0.2) is 0 Å². The van der Waals surface area contributed by atoms with Crippen molar-refractivity contribution in [3.63, 3.8) is 0 Å². The summed E-state index contributed by atoms with van der Waals surface area (Å²) in [6.07, 6.45) is 0.535. The Morgan fingerprint density at radius 1 is 1.04 bits per heavy atom. The summed E-state index contributed by atoms with van der Waals surface area (Å²) in [4.78, 5) is 14.4. The highest BCUT2D eigenvalue weighted by Gasteiger charge is 2.11. The fourth-order valence-electron chi connectivity index (χ4n) is 2.45. The number of rotatable bonds is 8. The van der Waals surface area contributed by atoms with Crippen LogP contribution in [0.3, 0.4) is 0 Å². The van der Waals surface area contributed by atoms with Crippen molar-refractivity contribution in [2.75, 3.05) is 11.1 Å². The number of thioether (sulfide) groups is 2. The Morgan fingerprint density at radius 2 is 1.71 bits per heavy atom. The number of anilines is 1. The topological polar surface area (TPSA) is 68.0 Å². The first kappa shape index (κ1) is 20.5. The maximum atomic E-state index is 12.1. The Balaban J connectivity index is 1.49. The Bertz CT molecular complexity index is 906. The highest BCUT2D eigenvalue weighted by atomic mass is 32.2. The van der Waals surface area contributed by atoms with Crippen molar-refractivity contribution < 1.29 is 9.21 Å². The number of hydrogen-bond donors (Lipinski definition) is 1. The quantitative estimate of drug-likeness (QED) is 0.512. The molecular formula is C21H23N3O2S2. The number of aromatic nitrogens is 2. The van der Waals surface area contributed by atoms with Gasteiger partial charge in [-0.15, -0.1) is 28.6 Å². The molecule has 28 heavy (non-hydrogen) atoms. The smallest absolute Gasteiger partial charge is 0.322 e. The van der Waals surface area contributed by atoms with Crippen LogP contribution in [0.15, 0.2) is 62.7 Å². The summed E-state index contributed by atoms with van der Waals surface area (Å²) < 4.78 is 5.55. The number of carbonyl (C=O) groups is 1. The van der Waals surface area contributed by atoms with Gasteiger partial charge in [-0.05, 0) is 36.8 Å². The van der Waals surface area contributed by atoms with E-state index in [0.29, 0.717) is 17.6 Å². The molecule has 0 fully saturated rings. The maximum Gasteiger partial charge on any atom is 0.322 e. The fourth-order valence-corrected chi connectivity index (χ4v) is 3.98. The molecule has 1 aromatic heterocycles. The van der Waals surface area contributed by atoms with Crippen molar-refractivity contribution in [2.45, 2.75) is 42.2 Å². The number of nitrogens with zero attached hydrogens (tertiary/aromatic N) is 2. The van der Waals surface area contributed by atoms with Gasteiger partial charge in [-0.2, -0.15) is 0 Å². The number of aryl methyl sites for hydroxylation is 1. The number of benzene rings is 2. The van der Waals surface area contributed by atoms with E-state index in [1.807, 2.05) is 43.0 Å². The fraction of sp³-hybridized carbons (Fsp3) is 0.286. The lowest BCUT2D eigenvalue weighted by Gasteiger charge is -2.05. The van der Waals surface area contributed by atoms with Gasteiger partial charge in [0.25, 0.3) is 0 Å². The molecule has 0 saturated heterocycles. The Kier molecular flexibility index (Phi) is 7.17. The monoisotopic (exact) mass is 413 g/mol. The average molecular weight is 414 g/mol. The molecule has 3 aromatic rings. The molecule has 5 nitrogen and oxygen atoms in total. The molecule has 0 aliphatic carbocycles. The van der Waals surface area contributed by atoms with Crippen molar-refractivity contribution in [1.29, 1.82) is 0 Å². The van der Waals surface area contributed by atoms with Gasteiger partial charge in [0.1, 0.15) is 0 Å². The summed E-state index contributed by atoms with van der Waals surface area (Å²) in [6.45, 7) is 6.38. The van der Waals surface area contributed by atoms with Crippen LogP contribution in [-0.2, 0) is 11.2 Å². The van der Waals surface area contributed by atoms with E-state index in [1.165, 1.54) is 22.2 Å². The third kappa shape index (κ3) is 6.42. The molecule has 0 unspecified atom stereocenters. The Labute approximate surface area is 173 Å². The van der Waals surface area contributed by atoms with Crippen LogP contribution in [0.25, 0.3) is 0 Å². The van der Waals surface area contributed by atoms with Gasteiger partial charge in [0.05, 0.1) is 12.2 Å². The van der Waals surface area contributed by atoms with Gasteiger partial charge >= 0.3 is 6.01 Å². The zero-order valence-electron chi connectivity index (χ0n) is 16.1. The van der Waals surface area contributed by atoms with E-state index in [9.17, 15) is 4.79 Å². The van der Waals surface area contributed by atoms with Crippen LogP contribution < -0.4 is 5.32 Å². The van der Waals surface area contributed by atoms with Crippen LogP contribution in [0, 0.1) is 6.92 Å². The minimum absolute atomic E-state index is 0.136. The van der Waals surface area contributed by atoms with E-state index in [1.54, 1.807) is 0 Å². The normalized spacial score (nSPS) is 11.0. The molecule has 0 aliphatic rings. The first-order valence-corrected chi connectivity index (χ1v) is 10.9. The van der Waals surface area contributed by atoms with Crippen LogP contribution in [0.5, 0.6) is 0 Å². The highest BCUT2D eigenvalue weighted by Crippen LogP contribution is 2.23. The largest absolute Gasteiger partial charge is 0.407 e. The number of carbonyl (C=O) groups excluding carboxylic acids is 1. The minimum atomic E-state index is -0.171. The molecule has 146 valence electrons. The summed E-state index contributed by atoms with van der Waals surface area (Å²) in [5.41, 5.74) is 2.28. The van der Waals surface area contributed by atoms with Crippen molar-refractivity contribution in [3.8, 4) is 0 Å². The van der Waals surface area contributed by atoms with E-state index in [4.69, 9.17) is 4.42 Å². The van der Waals surface area contributed by atoms with Gasteiger partial charge < -0.3 is 4.42 Å². The Hall–Kier alpha value is -2.25. The van der Waals surface area contributed by atoms with Crippen molar-refractivity contribution >= 4 is 35.4 Å². The van der Waals surface area contributed by atoms with Crippen molar-refractivity contribution in [3.05, 3.63) is 65.5 Å². The zero-order chi connectivity index (χ0) is 19.9. The lowest BCUT2D eigenvalue weighted by Crippen LogP contribution is -2.14. The summed E-state index contributed by atoms with van der Waals surface area (Å²) >= 11 is 3.29. The molecule has 1 amide bonds. The van der Waals surface area contributed by atoms with E-state index in [2.05, 4.69) is 53.6 Å². The third-order valence-electron chi connectivity index (χ3n) is 3.75. The molecule has 0 bridgehead atoms. The van der Waals surface area contributed by atoms with Gasteiger partial charge in [-0.3, -0.25) is 10.1 Å². The molecule has 7 heteroatoms. The summed E-state index contributed by atoms with van der Waals surface area (Å²) in [6, 6.07) is 16.5. The van der Waals surface area contributed by atoms with Crippen LogP contribution >= 0.6 is 23.5 Å². The summed E-state index contributed by atoms with van der Waals surface area (Å²) in [5, 5.41) is 11.1. The molecule has 0 spiro atoms. The number of hydrogen-bond acceptors (Lipinski definition) is 6. The van der Waals surface area contributed by atoms with Gasteiger partial charge in [-0.1, -0.05) is 48.8 Å². The van der Waals surface area contributed by atoms with Crippen LogP contribution in [-0.4, -0.2) is 27.1 Å². The third-order valence-corrected chi connectivity index (χ3v) is 5.78. The lowest BCUT2D eigenvalue weighted by molar-refractivity contribution is -0.113. The first-order valence-electron chi connectivity index (χ1n) is 9.05. The molecule has 0 saturated carbocycles. The molecule has 3 rings (SSSR count). The standard InChI is InChI=1S/C21H23N3O2S2/c1-14(2)28-18-10-6-16(7-11-18)12-20-23-24-21(26-20)22-19(25)13-27-17-8-4-15(3)5-9-17/h4-11,14H,12-13H2,1-3H3,(H,22,24,25). The molecule has 0 atom stereocenters. The molecule has 1 heterocycles. The predicted molar refractivity (Wildman–Crippen MR) is 115 cm³/mol. The second-order valence-electron chi connectivity index (χ2n) is 6.64. The van der Waals surface area contributed by atoms with E-state index < -0.39 is 0 Å². The van der Waals surface area contributed by atoms with Gasteiger partial charge in [0, 0.05) is 15.0 Å². The van der Waals surface area contributed by atoms with E-state index in [-0.39, 0.29) is 17.7 Å². The second kappa shape index (κ2) is 9.80. The molecule has 2 aromatic carbocycles. The second-order valence-corrected chi connectivity index (χ2v) is 9.34. The molecular weight excluding hydrogens is 390 g/mol. The Morgan fingerprint density at radius 3 is 2.39 bits per heavy atom. The summed E-state index contributed by atoms with van der Waals surface area (Å²) in [7, 11) is 0. The lowest BCUT2D eigenvalue weighted by atomic mass is 10.1. The van der Waals surface area contributed by atoms with E-state index in [0.717, 1.165) is 10.5 Å². The molecule has 1 N–H and O–H groups in total. The zero-order valence-corrected chi connectivity index (χ0v) is 17.8. The van der Waals surface area contributed by atoms with E-state index >= 15 is 0 Å².